The molecule has 0 amide bonds. The average molecular weight is 379 g/mol. The number of benzene rings is 1. The standard InChI is InChI=1S/C15H16ClFO4S2/c1-11(2)15(23(16,20)21)10-4-3-5-14(15)22(18,19)13-8-6-12(17)7-9-13/h3-11,14H,1-2H3. The third-order valence-corrected chi connectivity index (χ3v) is 8.80. The summed E-state index contributed by atoms with van der Waals surface area (Å²) in [7, 11) is -2.70. The Bertz CT molecular complexity index is 855. The first-order valence-electron chi connectivity index (χ1n) is 6.83. The second-order valence-electron chi connectivity index (χ2n) is 5.61. The highest BCUT2D eigenvalue weighted by Gasteiger charge is 2.55. The number of sulfone groups is 1. The highest BCUT2D eigenvalue weighted by atomic mass is 35.7. The van der Waals surface area contributed by atoms with E-state index < -0.39 is 40.6 Å². The molecule has 0 heterocycles. The molecule has 1 aliphatic rings. The van der Waals surface area contributed by atoms with Crippen LogP contribution in [0.4, 0.5) is 4.39 Å². The number of hydrogen-bond acceptors (Lipinski definition) is 4. The summed E-state index contributed by atoms with van der Waals surface area (Å²) in [5, 5.41) is -1.40. The molecule has 1 aromatic carbocycles. The molecule has 0 aromatic heterocycles. The Morgan fingerprint density at radius 3 is 2.13 bits per heavy atom. The van der Waals surface area contributed by atoms with Gasteiger partial charge in [-0.3, -0.25) is 0 Å². The van der Waals surface area contributed by atoms with E-state index in [1.807, 2.05) is 0 Å². The maximum absolute atomic E-state index is 13.0. The summed E-state index contributed by atoms with van der Waals surface area (Å²) in [6, 6.07) is 4.26. The normalized spacial score (nSPS) is 25.0. The molecule has 2 unspecified atom stereocenters. The van der Waals surface area contributed by atoms with Crippen LogP contribution in [0.1, 0.15) is 13.8 Å². The van der Waals surface area contributed by atoms with E-state index in [2.05, 4.69) is 0 Å². The number of rotatable bonds is 4. The Morgan fingerprint density at radius 1 is 1.09 bits per heavy atom. The van der Waals surface area contributed by atoms with Crippen molar-refractivity contribution >= 4 is 29.6 Å². The van der Waals surface area contributed by atoms with Crippen LogP contribution in [0.3, 0.4) is 0 Å². The van der Waals surface area contributed by atoms with Gasteiger partial charge in [-0.2, -0.15) is 0 Å². The summed E-state index contributed by atoms with van der Waals surface area (Å²) in [5.74, 6) is -1.17. The van der Waals surface area contributed by atoms with Gasteiger partial charge in [0, 0.05) is 10.7 Å². The lowest BCUT2D eigenvalue weighted by molar-refractivity contribution is 0.462. The van der Waals surface area contributed by atoms with E-state index in [9.17, 15) is 21.2 Å². The smallest absolute Gasteiger partial charge is 0.223 e. The predicted molar refractivity (Wildman–Crippen MR) is 88.0 cm³/mol. The summed E-state index contributed by atoms with van der Waals surface area (Å²) >= 11 is 0. The fraction of sp³-hybridized carbons (Fsp3) is 0.333. The van der Waals surface area contributed by atoms with Crippen LogP contribution in [0.2, 0.25) is 0 Å². The first-order chi connectivity index (χ1) is 10.5. The average Bonchev–Trinajstić information content (AvgIpc) is 2.46. The molecule has 126 valence electrons. The Balaban J connectivity index is 2.70. The van der Waals surface area contributed by atoms with Gasteiger partial charge in [0.1, 0.15) is 15.8 Å². The Hall–Kier alpha value is -1.18. The summed E-state index contributed by atoms with van der Waals surface area (Å²) in [6.07, 6.45) is 5.55. The van der Waals surface area contributed by atoms with Crippen LogP contribution in [0.5, 0.6) is 0 Å². The van der Waals surface area contributed by atoms with Gasteiger partial charge in [0.05, 0.1) is 4.90 Å². The third-order valence-electron chi connectivity index (χ3n) is 4.00. The highest BCUT2D eigenvalue weighted by molar-refractivity contribution is 8.15. The van der Waals surface area contributed by atoms with Crippen molar-refractivity contribution in [3.63, 3.8) is 0 Å². The van der Waals surface area contributed by atoms with E-state index in [0.717, 1.165) is 24.3 Å². The zero-order valence-electron chi connectivity index (χ0n) is 12.5. The Kier molecular flexibility index (Phi) is 4.76. The van der Waals surface area contributed by atoms with Crippen molar-refractivity contribution in [2.75, 3.05) is 0 Å². The first kappa shape index (κ1) is 18.2. The van der Waals surface area contributed by atoms with Crippen LogP contribution in [0.15, 0.2) is 53.5 Å². The lowest BCUT2D eigenvalue weighted by Gasteiger charge is -2.38. The molecule has 0 bridgehead atoms. The first-order valence-corrected chi connectivity index (χ1v) is 10.7. The van der Waals surface area contributed by atoms with Crippen molar-refractivity contribution in [1.29, 1.82) is 0 Å². The maximum atomic E-state index is 13.0. The SMILES string of the molecule is CC(C)C1(S(=O)(=O)Cl)C=CC=CC1S(=O)(=O)c1ccc(F)cc1. The fourth-order valence-electron chi connectivity index (χ4n) is 2.76. The quantitative estimate of drug-likeness (QED) is 0.596. The molecule has 0 spiro atoms. The van der Waals surface area contributed by atoms with Gasteiger partial charge in [0.15, 0.2) is 9.84 Å². The molecule has 2 rings (SSSR count). The largest absolute Gasteiger partial charge is 0.243 e. The lowest BCUT2D eigenvalue weighted by atomic mass is 9.88. The molecule has 0 N–H and O–H groups in total. The topological polar surface area (TPSA) is 68.3 Å². The monoisotopic (exact) mass is 378 g/mol. The van der Waals surface area contributed by atoms with Gasteiger partial charge in [-0.15, -0.1) is 0 Å². The Morgan fingerprint density at radius 2 is 1.65 bits per heavy atom. The van der Waals surface area contributed by atoms with Crippen LogP contribution >= 0.6 is 10.7 Å². The van der Waals surface area contributed by atoms with Crippen LogP contribution in [0, 0.1) is 11.7 Å². The van der Waals surface area contributed by atoms with Gasteiger partial charge in [-0.25, -0.2) is 21.2 Å². The molecule has 8 heteroatoms. The summed E-state index contributed by atoms with van der Waals surface area (Å²) < 4.78 is 61.6. The fourth-order valence-corrected chi connectivity index (χ4v) is 7.75. The second-order valence-corrected chi connectivity index (χ2v) is 10.5. The molecule has 0 fully saturated rings. The van der Waals surface area contributed by atoms with E-state index >= 15 is 0 Å². The van der Waals surface area contributed by atoms with Crippen molar-refractivity contribution in [3.8, 4) is 0 Å². The zero-order valence-corrected chi connectivity index (χ0v) is 14.9. The summed E-state index contributed by atoms with van der Waals surface area (Å²) in [6.45, 7) is 3.19. The molecule has 0 radical (unpaired) electrons. The van der Waals surface area contributed by atoms with Crippen molar-refractivity contribution in [2.45, 2.75) is 28.7 Å². The number of hydrogen-bond donors (Lipinski definition) is 0. The van der Waals surface area contributed by atoms with E-state index in [1.165, 1.54) is 24.3 Å². The van der Waals surface area contributed by atoms with Gasteiger partial charge >= 0.3 is 0 Å². The van der Waals surface area contributed by atoms with Crippen molar-refractivity contribution in [2.24, 2.45) is 5.92 Å². The Labute approximate surface area is 140 Å². The van der Waals surface area contributed by atoms with Crippen LogP contribution in [0.25, 0.3) is 0 Å². The predicted octanol–water partition coefficient (Wildman–Crippen LogP) is 3.06. The van der Waals surface area contributed by atoms with E-state index in [-0.39, 0.29) is 4.90 Å². The van der Waals surface area contributed by atoms with E-state index in [1.54, 1.807) is 13.8 Å². The van der Waals surface area contributed by atoms with Crippen molar-refractivity contribution < 1.29 is 21.2 Å². The molecule has 1 aliphatic carbocycles. The molecular weight excluding hydrogens is 363 g/mol. The summed E-state index contributed by atoms with van der Waals surface area (Å²) in [4.78, 5) is -0.158. The highest BCUT2D eigenvalue weighted by Crippen LogP contribution is 2.42. The minimum atomic E-state index is -4.25. The van der Waals surface area contributed by atoms with Gasteiger partial charge < -0.3 is 0 Å². The van der Waals surface area contributed by atoms with Crippen LogP contribution < -0.4 is 0 Å². The molecule has 1 aromatic rings. The van der Waals surface area contributed by atoms with Gasteiger partial charge in [0.2, 0.25) is 9.05 Å². The third kappa shape index (κ3) is 2.97. The van der Waals surface area contributed by atoms with Crippen LogP contribution in [-0.2, 0) is 18.9 Å². The second kappa shape index (κ2) is 6.03. The van der Waals surface area contributed by atoms with Crippen molar-refractivity contribution in [3.05, 3.63) is 54.4 Å². The van der Waals surface area contributed by atoms with Crippen molar-refractivity contribution in [1.82, 2.24) is 0 Å². The zero-order chi connectivity index (χ0) is 17.5. The van der Waals surface area contributed by atoms with E-state index in [4.69, 9.17) is 10.7 Å². The van der Waals surface area contributed by atoms with E-state index in [0.29, 0.717) is 0 Å². The molecule has 23 heavy (non-hydrogen) atoms. The molecule has 0 aliphatic heterocycles. The molecule has 0 saturated carbocycles. The minimum Gasteiger partial charge on any atom is -0.223 e. The summed E-state index contributed by atoms with van der Waals surface area (Å²) in [5.41, 5.74) is 0. The molecule has 4 nitrogen and oxygen atoms in total. The minimum absolute atomic E-state index is 0.158. The van der Waals surface area contributed by atoms with Gasteiger partial charge in [-0.05, 0) is 30.2 Å². The molecular formula is C15H16ClFO4S2. The van der Waals surface area contributed by atoms with Gasteiger partial charge in [-0.1, -0.05) is 38.2 Å². The molecule has 0 saturated heterocycles. The van der Waals surface area contributed by atoms with Crippen LogP contribution in [-0.4, -0.2) is 26.8 Å². The van der Waals surface area contributed by atoms with Gasteiger partial charge in [0.25, 0.3) is 0 Å². The molecule has 2 atom stereocenters. The lowest BCUT2D eigenvalue weighted by Crippen LogP contribution is -2.53. The number of allylic oxidation sites excluding steroid dienone is 2. The number of halogens is 2. The maximum Gasteiger partial charge on any atom is 0.243 e.